The summed E-state index contributed by atoms with van der Waals surface area (Å²) in [7, 11) is 0. The highest BCUT2D eigenvalue weighted by molar-refractivity contribution is 5.37. The van der Waals surface area contributed by atoms with Gasteiger partial charge in [-0.2, -0.15) is 5.26 Å². The van der Waals surface area contributed by atoms with Crippen molar-refractivity contribution >= 4 is 0 Å². The van der Waals surface area contributed by atoms with Crippen LogP contribution in [0, 0.1) is 23.2 Å². The second kappa shape index (κ2) is 6.83. The van der Waals surface area contributed by atoms with Gasteiger partial charge in [-0.3, -0.25) is 9.80 Å². The van der Waals surface area contributed by atoms with Crippen LogP contribution in [0.2, 0.25) is 0 Å². The Balaban J connectivity index is 1.43. The number of rotatable bonds is 2. The molecule has 0 N–H and O–H groups in total. The maximum Gasteiger partial charge on any atom is 0.0995 e. The van der Waals surface area contributed by atoms with Gasteiger partial charge in [-0.15, -0.1) is 0 Å². The van der Waals surface area contributed by atoms with Crippen LogP contribution in [0.15, 0.2) is 35.9 Å². The molecule has 0 radical (unpaired) electrons. The molecule has 1 aromatic carbocycles. The van der Waals surface area contributed by atoms with Crippen LogP contribution in [0.4, 0.5) is 0 Å². The van der Waals surface area contributed by atoms with Crippen LogP contribution in [0.3, 0.4) is 0 Å². The van der Waals surface area contributed by atoms with Gasteiger partial charge in [0.1, 0.15) is 0 Å². The molecule has 4 atom stereocenters. The zero-order valence-corrected chi connectivity index (χ0v) is 15.6. The van der Waals surface area contributed by atoms with Gasteiger partial charge in [0.25, 0.3) is 0 Å². The van der Waals surface area contributed by atoms with Crippen molar-refractivity contribution < 1.29 is 0 Å². The first-order chi connectivity index (χ1) is 12.8. The van der Waals surface area contributed by atoms with Crippen molar-refractivity contribution in [3.63, 3.8) is 0 Å². The van der Waals surface area contributed by atoms with Gasteiger partial charge in [-0.1, -0.05) is 36.3 Å². The number of hydrogen-bond acceptors (Lipinski definition) is 3. The fraction of sp³-hybridized carbons (Fsp3) is 0.609. The first-order valence-electron chi connectivity index (χ1n) is 10.5. The fourth-order valence-electron chi connectivity index (χ4n) is 6.25. The molecule has 0 unspecified atom stereocenters. The molecule has 3 saturated heterocycles. The van der Waals surface area contributed by atoms with Gasteiger partial charge < -0.3 is 0 Å². The van der Waals surface area contributed by atoms with Gasteiger partial charge >= 0.3 is 0 Å². The highest BCUT2D eigenvalue weighted by Gasteiger charge is 2.45. The maximum atomic E-state index is 9.47. The van der Waals surface area contributed by atoms with E-state index in [1.807, 2.05) is 12.1 Å². The molecule has 4 aliphatic rings. The van der Waals surface area contributed by atoms with Crippen molar-refractivity contribution in [3.8, 4) is 6.07 Å². The van der Waals surface area contributed by atoms with Crippen molar-refractivity contribution in [2.45, 2.75) is 57.2 Å². The molecule has 1 aromatic rings. The highest BCUT2D eigenvalue weighted by Crippen LogP contribution is 2.45. The molecule has 0 amide bonds. The molecule has 0 saturated carbocycles. The molecule has 3 nitrogen and oxygen atoms in total. The second-order valence-corrected chi connectivity index (χ2v) is 8.75. The number of piperidine rings is 3. The Labute approximate surface area is 157 Å². The van der Waals surface area contributed by atoms with Crippen LogP contribution in [0.1, 0.15) is 49.7 Å². The van der Waals surface area contributed by atoms with Crippen LogP contribution in [0.25, 0.3) is 0 Å². The summed E-state index contributed by atoms with van der Waals surface area (Å²) in [5.41, 5.74) is 3.76. The van der Waals surface area contributed by atoms with Crippen LogP contribution in [0.5, 0.6) is 0 Å². The SMILES string of the molecule is N#Cc1ccccc1CN1CCCC2=C[C@H]3C[C@@H](CN4CCCC[C@H]34)[C@@H]21. The molecule has 26 heavy (non-hydrogen) atoms. The van der Waals surface area contributed by atoms with Crippen molar-refractivity contribution in [1.82, 2.24) is 9.80 Å². The third kappa shape index (κ3) is 2.80. The van der Waals surface area contributed by atoms with Crippen molar-refractivity contribution in [1.29, 1.82) is 5.26 Å². The molecule has 5 rings (SSSR count). The van der Waals surface area contributed by atoms with Crippen LogP contribution in [-0.4, -0.2) is 41.5 Å². The summed E-state index contributed by atoms with van der Waals surface area (Å²) in [6.07, 6.45) is 10.8. The summed E-state index contributed by atoms with van der Waals surface area (Å²) in [5, 5.41) is 9.47. The van der Waals surface area contributed by atoms with Gasteiger partial charge in [0.2, 0.25) is 0 Å². The van der Waals surface area contributed by atoms with Gasteiger partial charge in [0.15, 0.2) is 0 Å². The van der Waals surface area contributed by atoms with Crippen LogP contribution in [-0.2, 0) is 6.54 Å². The Kier molecular flexibility index (Phi) is 4.35. The van der Waals surface area contributed by atoms with Gasteiger partial charge in [0.05, 0.1) is 11.6 Å². The fourth-order valence-corrected chi connectivity index (χ4v) is 6.25. The smallest absolute Gasteiger partial charge is 0.0995 e. The highest BCUT2D eigenvalue weighted by atomic mass is 15.2. The lowest BCUT2D eigenvalue weighted by Crippen LogP contribution is -2.59. The standard InChI is InChI=1S/C23H29N3/c24-14-18-6-1-2-7-19(18)15-26-11-5-8-17-12-20-13-21(23(17)26)16-25-10-4-3-9-22(20)25/h1-2,6-7,12,20-23H,3-5,8-11,13,15-16H2/t20-,21-,22+,23+/m0/s1. The second-order valence-electron chi connectivity index (χ2n) is 8.75. The third-order valence-electron chi connectivity index (χ3n) is 7.27. The summed E-state index contributed by atoms with van der Waals surface area (Å²) in [4.78, 5) is 5.50. The minimum Gasteiger partial charge on any atom is -0.299 e. The van der Waals surface area contributed by atoms with Gasteiger partial charge in [-0.05, 0) is 68.7 Å². The lowest BCUT2D eigenvalue weighted by Gasteiger charge is -2.54. The lowest BCUT2D eigenvalue weighted by molar-refractivity contribution is -0.00266. The molecule has 2 bridgehead atoms. The minimum absolute atomic E-state index is 0.606. The third-order valence-corrected chi connectivity index (χ3v) is 7.27. The molecule has 3 heterocycles. The number of benzene rings is 1. The summed E-state index contributed by atoms with van der Waals surface area (Å²) in [5.74, 6) is 1.58. The molecular formula is C23H29N3. The monoisotopic (exact) mass is 347 g/mol. The normalized spacial score (nSPS) is 34.3. The predicted octanol–water partition coefficient (Wildman–Crippen LogP) is 3.95. The van der Waals surface area contributed by atoms with Crippen LogP contribution >= 0.6 is 0 Å². The van der Waals surface area contributed by atoms with Gasteiger partial charge in [-0.25, -0.2) is 0 Å². The first kappa shape index (κ1) is 16.5. The summed E-state index contributed by atoms with van der Waals surface area (Å²) in [6, 6.07) is 12.0. The van der Waals surface area contributed by atoms with Crippen molar-refractivity contribution in [2.24, 2.45) is 11.8 Å². The molecule has 136 valence electrons. The zero-order valence-electron chi connectivity index (χ0n) is 15.6. The minimum atomic E-state index is 0.606. The maximum absolute atomic E-state index is 9.47. The van der Waals surface area contributed by atoms with E-state index in [2.05, 4.69) is 34.1 Å². The molecule has 0 spiro atoms. The summed E-state index contributed by atoms with van der Waals surface area (Å²) >= 11 is 0. The Morgan fingerprint density at radius 1 is 1.12 bits per heavy atom. The number of likely N-dealkylation sites (tertiary alicyclic amines) is 1. The van der Waals surface area contributed by atoms with E-state index in [-0.39, 0.29) is 0 Å². The lowest BCUT2D eigenvalue weighted by atomic mass is 9.68. The topological polar surface area (TPSA) is 30.3 Å². The average Bonchev–Trinajstić information content (AvgIpc) is 2.68. The molecule has 0 aromatic heterocycles. The first-order valence-corrected chi connectivity index (χ1v) is 10.5. The Morgan fingerprint density at radius 2 is 2.04 bits per heavy atom. The number of nitrogens with zero attached hydrogens (tertiary/aromatic N) is 3. The van der Waals surface area contributed by atoms with E-state index >= 15 is 0 Å². The predicted molar refractivity (Wildman–Crippen MR) is 103 cm³/mol. The van der Waals surface area contributed by atoms with E-state index in [4.69, 9.17) is 0 Å². The van der Waals surface area contributed by atoms with E-state index in [1.54, 1.807) is 5.57 Å². The average molecular weight is 348 g/mol. The Morgan fingerprint density at radius 3 is 2.96 bits per heavy atom. The van der Waals surface area contributed by atoms with E-state index in [1.165, 1.54) is 63.7 Å². The molecule has 3 aliphatic heterocycles. The number of fused-ring (bicyclic) bond motifs is 6. The van der Waals surface area contributed by atoms with E-state index in [0.29, 0.717) is 6.04 Å². The number of nitriles is 1. The van der Waals surface area contributed by atoms with E-state index in [0.717, 1.165) is 30.0 Å². The summed E-state index contributed by atoms with van der Waals surface area (Å²) < 4.78 is 0. The van der Waals surface area contributed by atoms with Crippen molar-refractivity contribution in [3.05, 3.63) is 47.0 Å². The molecule has 1 aliphatic carbocycles. The van der Waals surface area contributed by atoms with Crippen molar-refractivity contribution in [2.75, 3.05) is 19.6 Å². The van der Waals surface area contributed by atoms with Gasteiger partial charge in [0, 0.05) is 25.2 Å². The van der Waals surface area contributed by atoms with E-state index in [9.17, 15) is 5.26 Å². The zero-order chi connectivity index (χ0) is 17.5. The Hall–Kier alpha value is -1.63. The quantitative estimate of drug-likeness (QED) is 0.759. The molecule has 3 heteroatoms. The molecule has 3 fully saturated rings. The largest absolute Gasteiger partial charge is 0.299 e. The Bertz CT molecular complexity index is 746. The molecular weight excluding hydrogens is 318 g/mol. The summed E-state index contributed by atoms with van der Waals surface area (Å²) in [6.45, 7) is 4.70. The van der Waals surface area contributed by atoms with E-state index < -0.39 is 0 Å². The van der Waals surface area contributed by atoms with Crippen LogP contribution < -0.4 is 0 Å². The number of hydrogen-bond donors (Lipinski definition) is 0.